The van der Waals surface area contributed by atoms with Gasteiger partial charge in [-0.3, -0.25) is 4.79 Å². The molecule has 0 atom stereocenters. The van der Waals surface area contributed by atoms with Crippen LogP contribution in [0.4, 0.5) is 0 Å². The van der Waals surface area contributed by atoms with Crippen molar-refractivity contribution >= 4 is 5.97 Å². The zero-order chi connectivity index (χ0) is 14.3. The molecule has 0 saturated heterocycles. The van der Waals surface area contributed by atoms with Crippen LogP contribution in [0.5, 0.6) is 5.75 Å². The Hall–Kier alpha value is -1.51. The predicted molar refractivity (Wildman–Crippen MR) is 74.7 cm³/mol. The van der Waals surface area contributed by atoms with Gasteiger partial charge in [0.2, 0.25) is 0 Å². The van der Waals surface area contributed by atoms with Crippen molar-refractivity contribution in [2.75, 3.05) is 7.11 Å². The summed E-state index contributed by atoms with van der Waals surface area (Å²) in [4.78, 5) is 11.5. The van der Waals surface area contributed by atoms with Crippen LogP contribution in [0.25, 0.3) is 0 Å². The van der Waals surface area contributed by atoms with Gasteiger partial charge < -0.3 is 9.84 Å². The van der Waals surface area contributed by atoms with Crippen molar-refractivity contribution in [3.63, 3.8) is 0 Å². The lowest BCUT2D eigenvalue weighted by Crippen LogP contribution is -2.21. The summed E-state index contributed by atoms with van der Waals surface area (Å²) < 4.78 is 5.34. The Morgan fingerprint density at radius 3 is 2.42 bits per heavy atom. The lowest BCUT2D eigenvalue weighted by molar-refractivity contribution is -0.140. The third-order valence-electron chi connectivity index (χ3n) is 3.67. The van der Waals surface area contributed by atoms with Crippen molar-refractivity contribution in [1.82, 2.24) is 0 Å². The first kappa shape index (κ1) is 13.9. The first-order chi connectivity index (χ1) is 8.78. The maximum absolute atomic E-state index is 11.5. The lowest BCUT2D eigenvalue weighted by atomic mass is 9.85. The summed E-state index contributed by atoms with van der Waals surface area (Å²) in [5, 5.41) is 9.45. The smallest absolute Gasteiger partial charge is 0.314 e. The molecule has 0 radical (unpaired) electrons. The van der Waals surface area contributed by atoms with Gasteiger partial charge in [0, 0.05) is 5.56 Å². The number of carboxylic acid groups (broad SMARTS) is 1. The molecule has 3 nitrogen and oxygen atoms in total. The van der Waals surface area contributed by atoms with Crippen LogP contribution >= 0.6 is 0 Å². The van der Waals surface area contributed by atoms with Crippen LogP contribution < -0.4 is 4.74 Å². The van der Waals surface area contributed by atoms with Gasteiger partial charge in [0.25, 0.3) is 0 Å². The molecule has 1 saturated carbocycles. The molecule has 1 aromatic rings. The monoisotopic (exact) mass is 262 g/mol. The fraction of sp³-hybridized carbons (Fsp3) is 0.562. The molecule has 0 unspecified atom stereocenters. The number of carboxylic acids is 1. The van der Waals surface area contributed by atoms with Crippen LogP contribution in [0.3, 0.4) is 0 Å². The molecule has 0 amide bonds. The van der Waals surface area contributed by atoms with Crippen LogP contribution in [-0.2, 0) is 16.6 Å². The average molecular weight is 262 g/mol. The average Bonchev–Trinajstić information content (AvgIpc) is 3.07. The minimum atomic E-state index is -0.737. The fourth-order valence-electron chi connectivity index (χ4n) is 2.57. The topological polar surface area (TPSA) is 46.5 Å². The number of hydrogen-bond acceptors (Lipinski definition) is 2. The van der Waals surface area contributed by atoms with Gasteiger partial charge in [-0.25, -0.2) is 0 Å². The third kappa shape index (κ3) is 2.75. The Morgan fingerprint density at radius 2 is 2.00 bits per heavy atom. The Balaban J connectivity index is 2.41. The maximum Gasteiger partial charge on any atom is 0.314 e. The summed E-state index contributed by atoms with van der Waals surface area (Å²) in [5.74, 6) is -0.0451. The highest BCUT2D eigenvalue weighted by molar-refractivity contribution is 5.86. The van der Waals surface area contributed by atoms with Gasteiger partial charge >= 0.3 is 5.97 Å². The number of benzene rings is 1. The molecule has 0 spiro atoms. The molecule has 0 bridgehead atoms. The van der Waals surface area contributed by atoms with E-state index in [-0.39, 0.29) is 5.41 Å². The Labute approximate surface area is 114 Å². The number of ether oxygens (including phenoxy) is 1. The molecule has 1 aromatic carbocycles. The molecule has 19 heavy (non-hydrogen) atoms. The molecule has 1 fully saturated rings. The van der Waals surface area contributed by atoms with Crippen molar-refractivity contribution in [3.05, 3.63) is 29.3 Å². The van der Waals surface area contributed by atoms with Gasteiger partial charge in [-0.1, -0.05) is 32.9 Å². The molecule has 104 valence electrons. The number of carbonyl (C=O) groups is 1. The van der Waals surface area contributed by atoms with E-state index < -0.39 is 11.4 Å². The van der Waals surface area contributed by atoms with Gasteiger partial charge in [0.1, 0.15) is 5.75 Å². The van der Waals surface area contributed by atoms with Crippen molar-refractivity contribution < 1.29 is 14.6 Å². The summed E-state index contributed by atoms with van der Waals surface area (Å²) in [5.41, 5.74) is 1.49. The minimum absolute atomic E-state index is 0.186. The largest absolute Gasteiger partial charge is 0.496 e. The number of methoxy groups -OCH3 is 1. The predicted octanol–water partition coefficient (Wildman–Crippen LogP) is 3.40. The summed E-state index contributed by atoms with van der Waals surface area (Å²) in [6, 6.07) is 5.95. The number of rotatable bonds is 4. The van der Waals surface area contributed by atoms with Crippen LogP contribution in [0.15, 0.2) is 18.2 Å². The van der Waals surface area contributed by atoms with E-state index >= 15 is 0 Å². The molecule has 1 N–H and O–H groups in total. The zero-order valence-electron chi connectivity index (χ0n) is 12.1. The van der Waals surface area contributed by atoms with E-state index in [1.54, 1.807) is 7.11 Å². The first-order valence-electron chi connectivity index (χ1n) is 6.69. The van der Waals surface area contributed by atoms with Crippen molar-refractivity contribution in [2.45, 2.75) is 45.4 Å². The van der Waals surface area contributed by atoms with E-state index in [0.29, 0.717) is 18.6 Å². The van der Waals surface area contributed by atoms with Gasteiger partial charge in [-0.2, -0.15) is 0 Å². The van der Waals surface area contributed by atoms with E-state index in [0.717, 1.165) is 12.0 Å². The van der Waals surface area contributed by atoms with Crippen molar-refractivity contribution in [2.24, 2.45) is 5.41 Å². The van der Waals surface area contributed by atoms with Gasteiger partial charge in [0.05, 0.1) is 12.5 Å². The van der Waals surface area contributed by atoms with Crippen molar-refractivity contribution in [3.8, 4) is 5.75 Å². The second-order valence-electron chi connectivity index (χ2n) is 6.66. The van der Waals surface area contributed by atoms with Gasteiger partial charge in [-0.05, 0) is 36.3 Å². The lowest BCUT2D eigenvalue weighted by Gasteiger charge is -2.21. The molecule has 1 aliphatic carbocycles. The second-order valence-corrected chi connectivity index (χ2v) is 6.66. The van der Waals surface area contributed by atoms with Crippen molar-refractivity contribution in [1.29, 1.82) is 0 Å². The molecule has 0 heterocycles. The maximum atomic E-state index is 11.5. The van der Waals surface area contributed by atoms with Gasteiger partial charge in [0.15, 0.2) is 0 Å². The van der Waals surface area contributed by atoms with E-state index in [4.69, 9.17) is 4.74 Å². The van der Waals surface area contributed by atoms with E-state index in [9.17, 15) is 9.90 Å². The Bertz CT molecular complexity index is 493. The summed E-state index contributed by atoms with van der Waals surface area (Å²) in [6.45, 7) is 6.54. The summed E-state index contributed by atoms with van der Waals surface area (Å²) in [7, 11) is 1.60. The summed E-state index contributed by atoms with van der Waals surface area (Å²) in [6.07, 6.45) is 2.34. The molecule has 2 rings (SSSR count). The molecule has 3 heteroatoms. The summed E-state index contributed by atoms with van der Waals surface area (Å²) >= 11 is 0. The normalized spacial score (nSPS) is 17.1. The zero-order valence-corrected chi connectivity index (χ0v) is 12.1. The highest BCUT2D eigenvalue weighted by Gasteiger charge is 2.53. The quantitative estimate of drug-likeness (QED) is 0.904. The van der Waals surface area contributed by atoms with Gasteiger partial charge in [-0.15, -0.1) is 0 Å². The molecule has 0 aliphatic heterocycles. The van der Waals surface area contributed by atoms with Crippen LogP contribution in [-0.4, -0.2) is 18.2 Å². The second kappa shape index (κ2) is 4.55. The van der Waals surface area contributed by atoms with Crippen LogP contribution in [0.2, 0.25) is 0 Å². The Morgan fingerprint density at radius 1 is 1.37 bits per heavy atom. The molecule has 1 aliphatic rings. The highest BCUT2D eigenvalue weighted by atomic mass is 16.5. The SMILES string of the molecule is COc1ccc(CC(C)(C)C)cc1C1(C(=O)O)CC1. The first-order valence-corrected chi connectivity index (χ1v) is 6.69. The van der Waals surface area contributed by atoms with E-state index in [1.165, 1.54) is 5.56 Å². The van der Waals surface area contributed by atoms with Crippen LogP contribution in [0, 0.1) is 5.41 Å². The number of hydrogen-bond donors (Lipinski definition) is 1. The van der Waals surface area contributed by atoms with E-state index in [1.807, 2.05) is 18.2 Å². The third-order valence-corrected chi connectivity index (χ3v) is 3.67. The Kier molecular flexibility index (Phi) is 3.33. The fourth-order valence-corrected chi connectivity index (χ4v) is 2.57. The number of aliphatic carboxylic acids is 1. The highest BCUT2D eigenvalue weighted by Crippen LogP contribution is 2.51. The standard InChI is InChI=1S/C16H22O3/c1-15(2,3)10-11-5-6-13(19-4)12(9-11)16(7-8-16)14(17)18/h5-6,9H,7-8,10H2,1-4H3,(H,17,18). The minimum Gasteiger partial charge on any atom is -0.496 e. The molecule has 0 aromatic heterocycles. The van der Waals surface area contributed by atoms with Crippen LogP contribution in [0.1, 0.15) is 44.7 Å². The van der Waals surface area contributed by atoms with E-state index in [2.05, 4.69) is 20.8 Å². The molecular formula is C16H22O3. The molecular weight excluding hydrogens is 240 g/mol.